The summed E-state index contributed by atoms with van der Waals surface area (Å²) < 4.78 is 5.14. The fourth-order valence-corrected chi connectivity index (χ4v) is 3.77. The number of unbranched alkanes of at least 4 members (excludes halogenated alkanes) is 1. The van der Waals surface area contributed by atoms with Crippen LogP contribution in [0.25, 0.3) is 0 Å². The number of nitrogens with zero attached hydrogens (tertiary/aromatic N) is 2. The van der Waals surface area contributed by atoms with E-state index in [0.717, 1.165) is 31.5 Å². The lowest BCUT2D eigenvalue weighted by Gasteiger charge is -2.31. The Labute approximate surface area is 143 Å². The molecular weight excluding hydrogens is 304 g/mol. The van der Waals surface area contributed by atoms with Gasteiger partial charge in [0.1, 0.15) is 0 Å². The first-order valence-electron chi connectivity index (χ1n) is 9.00. The first-order valence-corrected chi connectivity index (χ1v) is 9.00. The van der Waals surface area contributed by atoms with Gasteiger partial charge in [-0.1, -0.05) is 31.5 Å². The first-order chi connectivity index (χ1) is 11.7. The van der Waals surface area contributed by atoms with Crippen LogP contribution in [0.4, 0.5) is 10.5 Å². The molecule has 24 heavy (non-hydrogen) atoms. The molecule has 0 saturated heterocycles. The number of carbonyl (C=O) groups excluding carboxylic acids is 2. The Balaban J connectivity index is 1.92. The van der Waals surface area contributed by atoms with E-state index in [0.29, 0.717) is 19.6 Å². The molecule has 130 valence electrons. The van der Waals surface area contributed by atoms with E-state index in [-0.39, 0.29) is 24.5 Å². The van der Waals surface area contributed by atoms with Crippen molar-refractivity contribution < 1.29 is 14.3 Å². The maximum absolute atomic E-state index is 13.1. The molecule has 0 spiro atoms. The topological polar surface area (TPSA) is 49.9 Å². The summed E-state index contributed by atoms with van der Waals surface area (Å²) in [5.41, 5.74) is 3.50. The second kappa shape index (κ2) is 7.24. The van der Waals surface area contributed by atoms with Crippen molar-refractivity contribution in [2.24, 2.45) is 0 Å². The van der Waals surface area contributed by atoms with E-state index in [1.54, 1.807) is 0 Å². The second-order valence-corrected chi connectivity index (χ2v) is 6.52. The molecule has 1 atom stereocenters. The third kappa shape index (κ3) is 3.12. The fraction of sp³-hybridized carbons (Fsp3) is 0.579. The number of benzene rings is 1. The second-order valence-electron chi connectivity index (χ2n) is 6.52. The van der Waals surface area contributed by atoms with Crippen LogP contribution >= 0.6 is 0 Å². The molecule has 2 aliphatic rings. The molecule has 0 fully saturated rings. The van der Waals surface area contributed by atoms with Crippen molar-refractivity contribution in [3.8, 4) is 0 Å². The summed E-state index contributed by atoms with van der Waals surface area (Å²) in [6, 6.07) is 6.17. The van der Waals surface area contributed by atoms with Gasteiger partial charge in [0.2, 0.25) is 0 Å². The van der Waals surface area contributed by atoms with Gasteiger partial charge >= 0.3 is 12.0 Å². The average molecular weight is 330 g/mol. The summed E-state index contributed by atoms with van der Waals surface area (Å²) in [6.07, 6.45) is 3.87. The van der Waals surface area contributed by atoms with Gasteiger partial charge < -0.3 is 9.64 Å². The number of hydrogen-bond acceptors (Lipinski definition) is 3. The number of carbonyl (C=O) groups is 2. The number of anilines is 1. The zero-order valence-corrected chi connectivity index (χ0v) is 14.6. The molecule has 0 N–H and O–H groups in total. The highest BCUT2D eigenvalue weighted by molar-refractivity contribution is 5.96. The Morgan fingerprint density at radius 1 is 1.29 bits per heavy atom. The van der Waals surface area contributed by atoms with Crippen molar-refractivity contribution in [1.82, 2.24) is 4.90 Å². The predicted octanol–water partition coefficient (Wildman–Crippen LogP) is 3.15. The average Bonchev–Trinajstić information content (AvgIpc) is 2.95. The lowest BCUT2D eigenvalue weighted by atomic mass is 9.99. The summed E-state index contributed by atoms with van der Waals surface area (Å²) in [7, 11) is 0. The third-order valence-electron chi connectivity index (χ3n) is 4.91. The molecule has 0 bridgehead atoms. The predicted molar refractivity (Wildman–Crippen MR) is 93.2 cm³/mol. The van der Waals surface area contributed by atoms with Crippen molar-refractivity contribution >= 4 is 17.7 Å². The molecule has 2 heterocycles. The molecule has 5 heteroatoms. The largest absolute Gasteiger partial charge is 0.466 e. The van der Waals surface area contributed by atoms with Gasteiger partial charge in [0, 0.05) is 19.1 Å². The minimum absolute atomic E-state index is 0.0430. The van der Waals surface area contributed by atoms with E-state index in [2.05, 4.69) is 25.1 Å². The molecule has 0 aromatic heterocycles. The van der Waals surface area contributed by atoms with Gasteiger partial charge in [-0.3, -0.25) is 9.69 Å². The minimum atomic E-state index is -0.222. The zero-order chi connectivity index (χ0) is 17.1. The molecule has 1 aromatic carbocycles. The molecular formula is C19H26N2O3. The monoisotopic (exact) mass is 330 g/mol. The lowest BCUT2D eigenvalue weighted by molar-refractivity contribution is -0.144. The van der Waals surface area contributed by atoms with E-state index in [1.807, 2.05) is 16.7 Å². The van der Waals surface area contributed by atoms with Crippen molar-refractivity contribution in [2.45, 2.75) is 52.0 Å². The van der Waals surface area contributed by atoms with Crippen LogP contribution in [0, 0.1) is 0 Å². The minimum Gasteiger partial charge on any atom is -0.466 e. The Hall–Kier alpha value is -2.04. The van der Waals surface area contributed by atoms with Gasteiger partial charge in [-0.25, -0.2) is 4.79 Å². The van der Waals surface area contributed by atoms with Crippen LogP contribution in [0.1, 0.15) is 44.2 Å². The van der Waals surface area contributed by atoms with Gasteiger partial charge in [0.25, 0.3) is 0 Å². The van der Waals surface area contributed by atoms with Crippen molar-refractivity contribution in [3.63, 3.8) is 0 Å². The van der Waals surface area contributed by atoms with Gasteiger partial charge in [-0.05, 0) is 37.3 Å². The summed E-state index contributed by atoms with van der Waals surface area (Å²) in [5, 5.41) is 0. The van der Waals surface area contributed by atoms with Crippen LogP contribution in [-0.4, -0.2) is 42.6 Å². The molecule has 2 aliphatic heterocycles. The fourth-order valence-electron chi connectivity index (χ4n) is 3.77. The van der Waals surface area contributed by atoms with E-state index in [9.17, 15) is 9.59 Å². The Morgan fingerprint density at radius 2 is 2.08 bits per heavy atom. The smallest absolute Gasteiger partial charge is 0.324 e. The quantitative estimate of drug-likeness (QED) is 0.753. The summed E-state index contributed by atoms with van der Waals surface area (Å²) in [4.78, 5) is 29.0. The first kappa shape index (κ1) is 16.8. The highest BCUT2D eigenvalue weighted by Crippen LogP contribution is 2.37. The Bertz CT molecular complexity index is 629. The summed E-state index contributed by atoms with van der Waals surface area (Å²) in [6.45, 7) is 5.73. The SMILES string of the molecule is CCCCN1C(=O)N2CCc3cccc(c32)CC1CC(=O)OCC. The lowest BCUT2D eigenvalue weighted by Crippen LogP contribution is -2.48. The molecule has 3 rings (SSSR count). The van der Waals surface area contributed by atoms with Crippen molar-refractivity contribution in [3.05, 3.63) is 29.3 Å². The molecule has 0 saturated carbocycles. The highest BCUT2D eigenvalue weighted by Gasteiger charge is 2.38. The molecule has 2 amide bonds. The van der Waals surface area contributed by atoms with Crippen molar-refractivity contribution in [1.29, 1.82) is 0 Å². The van der Waals surface area contributed by atoms with E-state index >= 15 is 0 Å². The molecule has 1 unspecified atom stereocenters. The molecule has 0 radical (unpaired) electrons. The number of rotatable bonds is 6. The highest BCUT2D eigenvalue weighted by atomic mass is 16.5. The van der Waals surface area contributed by atoms with Crippen LogP contribution in [-0.2, 0) is 22.4 Å². The maximum atomic E-state index is 13.1. The normalized spacial score (nSPS) is 19.2. The number of para-hydroxylation sites is 1. The number of ether oxygens (including phenoxy) is 1. The van der Waals surface area contributed by atoms with Crippen LogP contribution < -0.4 is 4.90 Å². The van der Waals surface area contributed by atoms with Gasteiger partial charge in [-0.2, -0.15) is 0 Å². The number of esters is 1. The summed E-state index contributed by atoms with van der Waals surface area (Å²) >= 11 is 0. The van der Waals surface area contributed by atoms with Crippen LogP contribution in [0.15, 0.2) is 18.2 Å². The summed E-state index contributed by atoms with van der Waals surface area (Å²) in [5.74, 6) is -0.222. The van der Waals surface area contributed by atoms with E-state index in [1.165, 1.54) is 11.1 Å². The van der Waals surface area contributed by atoms with E-state index < -0.39 is 0 Å². The molecule has 0 aliphatic carbocycles. The maximum Gasteiger partial charge on any atom is 0.324 e. The van der Waals surface area contributed by atoms with Crippen LogP contribution in [0.2, 0.25) is 0 Å². The standard InChI is InChI=1S/C19H26N2O3/c1-3-5-10-20-16(13-17(22)24-4-2)12-15-8-6-7-14-9-11-21(18(14)15)19(20)23/h6-8,16H,3-5,9-13H2,1-2H3. The van der Waals surface area contributed by atoms with Crippen molar-refractivity contribution in [2.75, 3.05) is 24.6 Å². The molecule has 5 nitrogen and oxygen atoms in total. The van der Waals surface area contributed by atoms with Crippen LogP contribution in [0.5, 0.6) is 0 Å². The number of amides is 2. The van der Waals surface area contributed by atoms with Gasteiger partial charge in [0.05, 0.1) is 18.7 Å². The van der Waals surface area contributed by atoms with E-state index in [4.69, 9.17) is 4.74 Å². The Morgan fingerprint density at radius 3 is 2.83 bits per heavy atom. The van der Waals surface area contributed by atoms with Crippen LogP contribution in [0.3, 0.4) is 0 Å². The zero-order valence-electron chi connectivity index (χ0n) is 14.6. The Kier molecular flexibility index (Phi) is 5.07. The number of urea groups is 1. The number of hydrogen-bond donors (Lipinski definition) is 0. The van der Waals surface area contributed by atoms with Gasteiger partial charge in [0.15, 0.2) is 0 Å². The third-order valence-corrected chi connectivity index (χ3v) is 4.91. The molecule has 1 aromatic rings. The van der Waals surface area contributed by atoms with Gasteiger partial charge in [-0.15, -0.1) is 0 Å².